The summed E-state index contributed by atoms with van der Waals surface area (Å²) >= 11 is 6.14. The van der Waals surface area contributed by atoms with Gasteiger partial charge in [-0.05, 0) is 42.7 Å². The van der Waals surface area contributed by atoms with Crippen LogP contribution in [0.3, 0.4) is 0 Å². The Morgan fingerprint density at radius 1 is 1.15 bits per heavy atom. The number of hydrogen-bond acceptors (Lipinski definition) is 1. The van der Waals surface area contributed by atoms with Crippen molar-refractivity contribution in [1.82, 2.24) is 9.47 Å². The quantitative estimate of drug-likeness (QED) is 0.628. The van der Waals surface area contributed by atoms with Gasteiger partial charge >= 0.3 is 0 Å². The highest BCUT2D eigenvalue weighted by molar-refractivity contribution is 6.30. The Hall–Kier alpha value is -1.74. The van der Waals surface area contributed by atoms with E-state index in [1.807, 2.05) is 39.0 Å². The van der Waals surface area contributed by atoms with Gasteiger partial charge < -0.3 is 9.47 Å². The van der Waals surface area contributed by atoms with Crippen molar-refractivity contribution in [2.75, 3.05) is 0 Å². The molecule has 1 amide bonds. The molecule has 0 aliphatic heterocycles. The van der Waals surface area contributed by atoms with Gasteiger partial charge in [-0.3, -0.25) is 4.79 Å². The van der Waals surface area contributed by atoms with Crippen molar-refractivity contribution < 1.29 is 4.79 Å². The van der Waals surface area contributed by atoms with E-state index >= 15 is 0 Å². The lowest BCUT2D eigenvalue weighted by atomic mass is 9.89. The fourth-order valence-corrected chi connectivity index (χ4v) is 4.16. The molecule has 1 heterocycles. The van der Waals surface area contributed by atoms with E-state index in [-0.39, 0.29) is 11.3 Å². The van der Waals surface area contributed by atoms with Gasteiger partial charge in [-0.15, -0.1) is 0 Å². The number of hydrogen-bond donors (Lipinski definition) is 0. The molecule has 1 aliphatic carbocycles. The third-order valence-electron chi connectivity index (χ3n) is 5.42. The third kappa shape index (κ3) is 5.16. The third-order valence-corrected chi connectivity index (χ3v) is 5.65. The van der Waals surface area contributed by atoms with Crippen LogP contribution < -0.4 is 0 Å². The molecule has 2 aromatic rings. The second-order valence-corrected chi connectivity index (χ2v) is 9.17. The monoisotopic (exact) mass is 386 g/mol. The predicted octanol–water partition coefficient (Wildman–Crippen LogP) is 5.90. The molecule has 0 saturated heterocycles. The summed E-state index contributed by atoms with van der Waals surface area (Å²) in [5.74, 6) is 0.255. The maximum atomic E-state index is 13.2. The molecule has 146 valence electrons. The molecule has 0 N–H and O–H groups in total. The van der Waals surface area contributed by atoms with Crippen LogP contribution in [0, 0.1) is 5.41 Å². The van der Waals surface area contributed by atoms with Gasteiger partial charge in [-0.1, -0.05) is 63.8 Å². The molecular weight excluding hydrogens is 356 g/mol. The fraction of sp³-hybridized carbons (Fsp3) is 0.522. The predicted molar refractivity (Wildman–Crippen MR) is 112 cm³/mol. The molecule has 0 bridgehead atoms. The van der Waals surface area contributed by atoms with Crippen molar-refractivity contribution in [2.45, 2.75) is 72.0 Å². The van der Waals surface area contributed by atoms with Crippen LogP contribution in [-0.4, -0.2) is 21.4 Å². The Labute approximate surface area is 168 Å². The van der Waals surface area contributed by atoms with Crippen LogP contribution >= 0.6 is 11.6 Å². The zero-order valence-corrected chi connectivity index (χ0v) is 17.5. The lowest BCUT2D eigenvalue weighted by Gasteiger charge is -2.38. The summed E-state index contributed by atoms with van der Waals surface area (Å²) in [6.45, 7) is 7.52. The number of carbonyl (C=O) groups is 1. The van der Waals surface area contributed by atoms with Gasteiger partial charge in [-0.2, -0.15) is 0 Å². The zero-order chi connectivity index (χ0) is 19.4. The van der Waals surface area contributed by atoms with E-state index in [1.165, 1.54) is 30.5 Å². The van der Waals surface area contributed by atoms with Crippen LogP contribution in [0.2, 0.25) is 5.02 Å². The molecule has 3 rings (SSSR count). The molecule has 3 nitrogen and oxygen atoms in total. The first-order valence-electron chi connectivity index (χ1n) is 10.0. The number of halogens is 1. The molecule has 4 heteroatoms. The van der Waals surface area contributed by atoms with Crippen molar-refractivity contribution >= 4 is 17.5 Å². The maximum absolute atomic E-state index is 13.2. The highest BCUT2D eigenvalue weighted by Gasteiger charge is 2.33. The second-order valence-electron chi connectivity index (χ2n) is 8.73. The van der Waals surface area contributed by atoms with Crippen molar-refractivity contribution in [3.8, 4) is 0 Å². The first-order chi connectivity index (χ1) is 12.8. The van der Waals surface area contributed by atoms with Crippen LogP contribution in [0.5, 0.6) is 0 Å². The van der Waals surface area contributed by atoms with Crippen molar-refractivity contribution in [3.63, 3.8) is 0 Å². The van der Waals surface area contributed by atoms with E-state index in [4.69, 9.17) is 11.6 Å². The fourth-order valence-electron chi connectivity index (χ4n) is 3.94. The average molecular weight is 387 g/mol. The van der Waals surface area contributed by atoms with Crippen LogP contribution in [0.25, 0.3) is 0 Å². The molecule has 0 radical (unpaired) electrons. The second kappa shape index (κ2) is 8.52. The minimum absolute atomic E-state index is 0.255. The Kier molecular flexibility index (Phi) is 6.31. The van der Waals surface area contributed by atoms with E-state index in [1.54, 1.807) is 0 Å². The van der Waals surface area contributed by atoms with Gasteiger partial charge in [0, 0.05) is 34.9 Å². The molecule has 0 atom stereocenters. The van der Waals surface area contributed by atoms with Crippen molar-refractivity contribution in [2.24, 2.45) is 5.41 Å². The summed E-state index contributed by atoms with van der Waals surface area (Å²) in [4.78, 5) is 15.3. The summed E-state index contributed by atoms with van der Waals surface area (Å²) in [5, 5.41) is 0.757. The number of aromatic nitrogens is 1. The first-order valence-corrected chi connectivity index (χ1v) is 10.4. The molecule has 27 heavy (non-hydrogen) atoms. The number of carbonyl (C=O) groups excluding carboxylic acids is 1. The van der Waals surface area contributed by atoms with Gasteiger partial charge in [0.2, 0.25) is 5.91 Å². The van der Waals surface area contributed by atoms with Gasteiger partial charge in [0.1, 0.15) is 0 Å². The van der Waals surface area contributed by atoms with Crippen molar-refractivity contribution in [3.05, 3.63) is 58.9 Å². The van der Waals surface area contributed by atoms with Crippen LogP contribution in [0.1, 0.15) is 64.1 Å². The van der Waals surface area contributed by atoms with Gasteiger partial charge in [0.15, 0.2) is 0 Å². The van der Waals surface area contributed by atoms with E-state index in [9.17, 15) is 4.79 Å². The highest BCUT2D eigenvalue weighted by atomic mass is 35.5. The van der Waals surface area contributed by atoms with Gasteiger partial charge in [0.25, 0.3) is 0 Å². The SMILES string of the molecule is CC(C)(C)C(=O)N(Cc1cccn1Cc1cccc(Cl)c1)C1CCCCC1. The number of amides is 1. The molecular formula is C23H31ClN2O. The molecule has 1 fully saturated rings. The molecule has 1 saturated carbocycles. The minimum atomic E-state index is -0.359. The normalized spacial score (nSPS) is 15.7. The Bertz CT molecular complexity index is 769. The Morgan fingerprint density at radius 3 is 2.56 bits per heavy atom. The summed E-state index contributed by atoms with van der Waals surface area (Å²) in [6, 6.07) is 12.5. The van der Waals surface area contributed by atoms with Crippen molar-refractivity contribution in [1.29, 1.82) is 0 Å². The average Bonchev–Trinajstić information content (AvgIpc) is 3.06. The molecule has 1 aromatic heterocycles. The molecule has 1 aliphatic rings. The van der Waals surface area contributed by atoms with Crippen LogP contribution in [0.15, 0.2) is 42.6 Å². The maximum Gasteiger partial charge on any atom is 0.228 e. The summed E-state index contributed by atoms with van der Waals surface area (Å²) in [6.07, 6.45) is 8.08. The zero-order valence-electron chi connectivity index (χ0n) is 16.7. The largest absolute Gasteiger partial charge is 0.345 e. The molecule has 1 aromatic carbocycles. The van der Waals surface area contributed by atoms with E-state index in [0.717, 1.165) is 24.4 Å². The summed E-state index contributed by atoms with van der Waals surface area (Å²) in [7, 11) is 0. The van der Waals surface area contributed by atoms with Crippen LogP contribution in [-0.2, 0) is 17.9 Å². The van der Waals surface area contributed by atoms with E-state index in [2.05, 4.69) is 33.9 Å². The topological polar surface area (TPSA) is 25.2 Å². The smallest absolute Gasteiger partial charge is 0.228 e. The standard InChI is InChI=1S/C23H31ClN2O/c1-23(2,3)22(27)26(20-11-5-4-6-12-20)17-21-13-8-14-25(21)16-18-9-7-10-19(24)15-18/h7-10,13-15,20H,4-6,11-12,16-17H2,1-3H3. The Balaban J connectivity index is 1.81. The minimum Gasteiger partial charge on any atom is -0.345 e. The highest BCUT2D eigenvalue weighted by Crippen LogP contribution is 2.29. The summed E-state index contributed by atoms with van der Waals surface area (Å²) in [5.41, 5.74) is 1.99. The molecule has 0 spiro atoms. The van der Waals surface area contributed by atoms with E-state index in [0.29, 0.717) is 12.6 Å². The number of benzene rings is 1. The number of rotatable bonds is 5. The van der Waals surface area contributed by atoms with E-state index < -0.39 is 0 Å². The first kappa shape index (κ1) is 20.0. The van der Waals surface area contributed by atoms with Crippen LogP contribution in [0.4, 0.5) is 0 Å². The summed E-state index contributed by atoms with van der Waals surface area (Å²) < 4.78 is 2.23. The Morgan fingerprint density at radius 2 is 1.89 bits per heavy atom. The number of nitrogens with zero attached hydrogens (tertiary/aromatic N) is 2. The lowest BCUT2D eigenvalue weighted by Crippen LogP contribution is -2.46. The lowest BCUT2D eigenvalue weighted by molar-refractivity contribution is -0.143. The molecule has 0 unspecified atom stereocenters. The van der Waals surface area contributed by atoms with Gasteiger partial charge in [0.05, 0.1) is 6.54 Å². The van der Waals surface area contributed by atoms with Gasteiger partial charge in [-0.25, -0.2) is 0 Å².